The smallest absolute Gasteiger partial charge is 0.318 e. The van der Waals surface area contributed by atoms with Gasteiger partial charge in [-0.2, -0.15) is 0 Å². The number of rotatable bonds is 4. The number of nitrogens with two attached hydrogens (primary N) is 1. The van der Waals surface area contributed by atoms with E-state index in [1.807, 2.05) is 29.2 Å². The van der Waals surface area contributed by atoms with E-state index < -0.39 is 6.03 Å². The van der Waals surface area contributed by atoms with Crippen LogP contribution in [0.3, 0.4) is 0 Å². The zero-order valence-electron chi connectivity index (χ0n) is 12.9. The molecule has 0 saturated carbocycles. The third kappa shape index (κ3) is 3.88. The molecule has 0 bridgehead atoms. The molecule has 1 aromatic carbocycles. The molecule has 0 aromatic heterocycles. The van der Waals surface area contributed by atoms with Crippen LogP contribution in [0.4, 0.5) is 10.5 Å². The van der Waals surface area contributed by atoms with Gasteiger partial charge in [-0.15, -0.1) is 0 Å². The fourth-order valence-corrected chi connectivity index (χ4v) is 2.57. The number of nitrogens with zero attached hydrogens (tertiary/aromatic N) is 2. The van der Waals surface area contributed by atoms with Crippen LogP contribution >= 0.6 is 0 Å². The molecule has 1 atom stereocenters. The summed E-state index contributed by atoms with van der Waals surface area (Å²) < 4.78 is 5.24. The number of carbonyl (C=O) groups excluding carboxylic acids is 2. The van der Waals surface area contributed by atoms with Gasteiger partial charge >= 0.3 is 6.03 Å². The molecular formula is C15H22N4O3. The Hall–Kier alpha value is -2.28. The maximum atomic E-state index is 11.8. The first kappa shape index (κ1) is 16.1. The lowest BCUT2D eigenvalue weighted by Crippen LogP contribution is -2.55. The quantitative estimate of drug-likeness (QED) is 0.841. The van der Waals surface area contributed by atoms with Crippen molar-refractivity contribution in [2.45, 2.75) is 13.0 Å². The number of amides is 3. The van der Waals surface area contributed by atoms with Crippen molar-refractivity contribution < 1.29 is 14.3 Å². The number of hydrogen-bond acceptors (Lipinski definition) is 5. The number of nitrogens with one attached hydrogen (secondary N) is 1. The van der Waals surface area contributed by atoms with Gasteiger partial charge in [-0.3, -0.25) is 15.0 Å². The van der Waals surface area contributed by atoms with Crippen molar-refractivity contribution in [2.75, 3.05) is 38.2 Å². The van der Waals surface area contributed by atoms with Crippen molar-refractivity contribution in [2.24, 2.45) is 5.73 Å². The molecule has 120 valence electrons. The fourth-order valence-electron chi connectivity index (χ4n) is 2.57. The Morgan fingerprint density at radius 3 is 2.55 bits per heavy atom. The Bertz CT molecular complexity index is 541. The molecule has 22 heavy (non-hydrogen) atoms. The molecule has 0 spiro atoms. The van der Waals surface area contributed by atoms with E-state index in [-0.39, 0.29) is 11.9 Å². The van der Waals surface area contributed by atoms with E-state index in [4.69, 9.17) is 10.5 Å². The molecule has 2 rings (SSSR count). The number of methoxy groups -OCH3 is 1. The number of hydrogen-bond donors (Lipinski definition) is 2. The van der Waals surface area contributed by atoms with Gasteiger partial charge in [-0.05, 0) is 19.1 Å². The molecule has 0 unspecified atom stereocenters. The summed E-state index contributed by atoms with van der Waals surface area (Å²) in [5.74, 6) is 0.469. The third-order valence-corrected chi connectivity index (χ3v) is 3.91. The monoisotopic (exact) mass is 306 g/mol. The molecule has 3 N–H and O–H groups in total. The van der Waals surface area contributed by atoms with Crippen LogP contribution in [0.5, 0.6) is 5.75 Å². The van der Waals surface area contributed by atoms with E-state index in [1.54, 1.807) is 14.0 Å². The summed E-state index contributed by atoms with van der Waals surface area (Å²) in [5, 5.41) is 2.13. The van der Waals surface area contributed by atoms with Crippen molar-refractivity contribution in [1.82, 2.24) is 10.2 Å². The summed E-state index contributed by atoms with van der Waals surface area (Å²) in [6, 6.07) is 6.73. The number of anilines is 1. The second kappa shape index (κ2) is 7.13. The van der Waals surface area contributed by atoms with Gasteiger partial charge in [-0.25, -0.2) is 4.79 Å². The van der Waals surface area contributed by atoms with Crippen molar-refractivity contribution in [3.05, 3.63) is 24.3 Å². The van der Waals surface area contributed by atoms with Crippen molar-refractivity contribution in [3.63, 3.8) is 0 Å². The molecule has 1 aliphatic rings. The standard InChI is InChI=1S/C15H22N4O3/c1-11(14(20)17-15(16)21)18-6-8-19(9-7-18)12-4-3-5-13(10-12)22-2/h3-5,10-11H,6-9H2,1-2H3,(H3,16,17,20,21)/t11-/m1/s1. The molecule has 1 saturated heterocycles. The van der Waals surface area contributed by atoms with Crippen LogP contribution in [0.2, 0.25) is 0 Å². The Morgan fingerprint density at radius 1 is 1.27 bits per heavy atom. The molecule has 3 amide bonds. The van der Waals surface area contributed by atoms with Gasteiger partial charge in [0.25, 0.3) is 0 Å². The number of carbonyl (C=O) groups is 2. The molecule has 1 aliphatic heterocycles. The van der Waals surface area contributed by atoms with Crippen LogP contribution in [0, 0.1) is 0 Å². The lowest BCUT2D eigenvalue weighted by Gasteiger charge is -2.38. The minimum atomic E-state index is -0.813. The van der Waals surface area contributed by atoms with Gasteiger partial charge in [0.1, 0.15) is 5.75 Å². The number of piperazine rings is 1. The summed E-state index contributed by atoms with van der Waals surface area (Å²) in [6.07, 6.45) is 0. The molecule has 1 aromatic rings. The fraction of sp³-hybridized carbons (Fsp3) is 0.467. The van der Waals surface area contributed by atoms with Crippen LogP contribution in [-0.4, -0.2) is 56.2 Å². The van der Waals surface area contributed by atoms with Gasteiger partial charge in [0.2, 0.25) is 5.91 Å². The highest BCUT2D eigenvalue weighted by molar-refractivity contribution is 5.96. The number of ether oxygens (including phenoxy) is 1. The second-order valence-corrected chi connectivity index (χ2v) is 5.25. The van der Waals surface area contributed by atoms with Crippen LogP contribution in [-0.2, 0) is 4.79 Å². The van der Waals surface area contributed by atoms with Gasteiger partial charge in [0.05, 0.1) is 13.2 Å². The van der Waals surface area contributed by atoms with E-state index in [2.05, 4.69) is 10.2 Å². The highest BCUT2D eigenvalue weighted by Crippen LogP contribution is 2.22. The highest BCUT2D eigenvalue weighted by Gasteiger charge is 2.26. The van der Waals surface area contributed by atoms with Crippen LogP contribution in [0.1, 0.15) is 6.92 Å². The summed E-state index contributed by atoms with van der Waals surface area (Å²) in [7, 11) is 1.65. The molecule has 7 nitrogen and oxygen atoms in total. The number of primary amides is 1. The number of imide groups is 1. The van der Waals surface area contributed by atoms with Gasteiger partial charge in [0, 0.05) is 37.9 Å². The maximum Gasteiger partial charge on any atom is 0.318 e. The van der Waals surface area contributed by atoms with E-state index in [9.17, 15) is 9.59 Å². The second-order valence-electron chi connectivity index (χ2n) is 5.25. The van der Waals surface area contributed by atoms with E-state index in [1.165, 1.54) is 0 Å². The third-order valence-electron chi connectivity index (χ3n) is 3.91. The first-order valence-corrected chi connectivity index (χ1v) is 7.24. The molecule has 1 heterocycles. The Balaban J connectivity index is 1.92. The van der Waals surface area contributed by atoms with E-state index in [0.717, 1.165) is 37.6 Å². The predicted molar refractivity (Wildman–Crippen MR) is 84.0 cm³/mol. The van der Waals surface area contributed by atoms with Gasteiger partial charge in [0.15, 0.2) is 0 Å². The van der Waals surface area contributed by atoms with Crippen molar-refractivity contribution in [1.29, 1.82) is 0 Å². The van der Waals surface area contributed by atoms with Crippen molar-refractivity contribution >= 4 is 17.6 Å². The predicted octanol–water partition coefficient (Wildman–Crippen LogP) is 0.401. The van der Waals surface area contributed by atoms with Crippen LogP contribution < -0.4 is 20.7 Å². The SMILES string of the molecule is COc1cccc(N2CCN([C@H](C)C(=O)NC(N)=O)CC2)c1. The summed E-state index contributed by atoms with van der Waals surface area (Å²) in [5.41, 5.74) is 6.08. The molecule has 0 aliphatic carbocycles. The van der Waals surface area contributed by atoms with E-state index >= 15 is 0 Å². The molecule has 7 heteroatoms. The lowest BCUT2D eigenvalue weighted by atomic mass is 10.2. The molecule has 0 radical (unpaired) electrons. The maximum absolute atomic E-state index is 11.8. The van der Waals surface area contributed by atoms with E-state index in [0.29, 0.717) is 0 Å². The summed E-state index contributed by atoms with van der Waals surface area (Å²) >= 11 is 0. The highest BCUT2D eigenvalue weighted by atomic mass is 16.5. The van der Waals surface area contributed by atoms with Gasteiger partial charge in [-0.1, -0.05) is 6.07 Å². The Labute approximate surface area is 130 Å². The number of urea groups is 1. The zero-order valence-corrected chi connectivity index (χ0v) is 12.9. The Kier molecular flexibility index (Phi) is 5.21. The molecule has 1 fully saturated rings. The average Bonchev–Trinajstić information content (AvgIpc) is 2.53. The Morgan fingerprint density at radius 2 is 1.95 bits per heavy atom. The summed E-state index contributed by atoms with van der Waals surface area (Å²) in [6.45, 7) is 4.87. The minimum Gasteiger partial charge on any atom is -0.497 e. The minimum absolute atomic E-state index is 0.359. The summed E-state index contributed by atoms with van der Waals surface area (Å²) in [4.78, 5) is 26.8. The van der Waals surface area contributed by atoms with Crippen LogP contribution in [0.15, 0.2) is 24.3 Å². The van der Waals surface area contributed by atoms with Crippen molar-refractivity contribution in [3.8, 4) is 5.75 Å². The topological polar surface area (TPSA) is 87.9 Å². The first-order valence-electron chi connectivity index (χ1n) is 7.24. The zero-order chi connectivity index (χ0) is 16.1. The largest absolute Gasteiger partial charge is 0.497 e. The van der Waals surface area contributed by atoms with Gasteiger partial charge < -0.3 is 15.4 Å². The molecular weight excluding hydrogens is 284 g/mol. The van der Waals surface area contributed by atoms with Crippen LogP contribution in [0.25, 0.3) is 0 Å². The lowest BCUT2D eigenvalue weighted by molar-refractivity contribution is -0.124. The number of benzene rings is 1. The average molecular weight is 306 g/mol. The first-order chi connectivity index (χ1) is 10.5. The normalized spacial score (nSPS) is 16.9.